The monoisotopic (exact) mass is 316 g/mol. The van der Waals surface area contributed by atoms with Crippen molar-refractivity contribution in [2.75, 3.05) is 0 Å². The molecule has 0 saturated heterocycles. The number of allylic oxidation sites excluding steroid dienone is 2. The molecule has 2 unspecified atom stereocenters. The summed E-state index contributed by atoms with van der Waals surface area (Å²) in [6.07, 6.45) is 7.27. The molecule has 0 aromatic heterocycles. The first-order valence-electron chi connectivity index (χ1n) is 9.37. The van der Waals surface area contributed by atoms with E-state index in [1.807, 2.05) is 0 Å². The van der Waals surface area contributed by atoms with Crippen LogP contribution in [0.15, 0.2) is 42.0 Å². The first-order valence-corrected chi connectivity index (χ1v) is 9.37. The molecule has 2 atom stereocenters. The molecule has 122 valence electrons. The zero-order valence-electron chi connectivity index (χ0n) is 14.6. The number of aryl methyl sites for hydroxylation is 1. The Labute approximate surface area is 143 Å². The molecule has 1 fully saturated rings. The van der Waals surface area contributed by atoms with Crippen LogP contribution < -0.4 is 0 Å². The first-order chi connectivity index (χ1) is 11.6. The maximum atomic E-state index is 13.1. The van der Waals surface area contributed by atoms with Crippen LogP contribution in [-0.2, 0) is 16.6 Å². The predicted molar refractivity (Wildman–Crippen MR) is 98.5 cm³/mol. The Morgan fingerprint density at radius 3 is 2.75 bits per heavy atom. The molecule has 3 aliphatic carbocycles. The van der Waals surface area contributed by atoms with Crippen molar-refractivity contribution in [2.45, 2.75) is 57.3 Å². The smallest absolute Gasteiger partial charge is 0.144 e. The van der Waals surface area contributed by atoms with Crippen molar-refractivity contribution in [3.63, 3.8) is 0 Å². The average Bonchev–Trinajstić information content (AvgIpc) is 3.18. The van der Waals surface area contributed by atoms with Crippen LogP contribution in [0.3, 0.4) is 0 Å². The Balaban J connectivity index is 1.78. The van der Waals surface area contributed by atoms with Gasteiger partial charge < -0.3 is 0 Å². The third-order valence-electron chi connectivity index (χ3n) is 6.76. The van der Waals surface area contributed by atoms with Crippen molar-refractivity contribution in [1.82, 2.24) is 0 Å². The maximum absolute atomic E-state index is 13.1. The lowest BCUT2D eigenvalue weighted by atomic mass is 9.61. The minimum Gasteiger partial charge on any atom is -0.299 e. The summed E-state index contributed by atoms with van der Waals surface area (Å²) >= 11 is 0. The zero-order valence-corrected chi connectivity index (χ0v) is 14.6. The second kappa shape index (κ2) is 4.81. The Morgan fingerprint density at radius 1 is 1.17 bits per heavy atom. The molecular formula is C23H24O. The highest BCUT2D eigenvalue weighted by molar-refractivity contribution is 5.97. The lowest BCUT2D eigenvalue weighted by molar-refractivity contribution is -0.126. The highest BCUT2D eigenvalue weighted by Crippen LogP contribution is 2.57. The summed E-state index contributed by atoms with van der Waals surface area (Å²) in [5.74, 6) is 1.55. The van der Waals surface area contributed by atoms with Gasteiger partial charge in [-0.25, -0.2) is 0 Å². The van der Waals surface area contributed by atoms with E-state index in [9.17, 15) is 4.79 Å². The summed E-state index contributed by atoms with van der Waals surface area (Å²) in [5.41, 5.74) is 5.55. The van der Waals surface area contributed by atoms with E-state index in [0.29, 0.717) is 17.6 Å². The van der Waals surface area contributed by atoms with Gasteiger partial charge in [0.05, 0.1) is 5.41 Å². The number of fused-ring (bicyclic) bond motifs is 6. The van der Waals surface area contributed by atoms with Crippen LogP contribution in [0.1, 0.15) is 62.1 Å². The molecule has 3 aliphatic rings. The van der Waals surface area contributed by atoms with Gasteiger partial charge in [-0.15, -0.1) is 0 Å². The second-order valence-corrected chi connectivity index (χ2v) is 8.30. The summed E-state index contributed by atoms with van der Waals surface area (Å²) in [4.78, 5) is 13.1. The van der Waals surface area contributed by atoms with Gasteiger partial charge in [0, 0.05) is 6.42 Å². The van der Waals surface area contributed by atoms with Crippen LogP contribution in [0.25, 0.3) is 10.8 Å². The molecule has 0 heterocycles. The van der Waals surface area contributed by atoms with E-state index in [1.54, 1.807) is 0 Å². The molecule has 0 N–H and O–H groups in total. The van der Waals surface area contributed by atoms with Crippen LogP contribution in [0.4, 0.5) is 0 Å². The molecule has 1 spiro atoms. The predicted octanol–water partition coefficient (Wildman–Crippen LogP) is 5.46. The molecule has 1 nitrogen and oxygen atoms in total. The Bertz CT molecular complexity index is 902. The molecule has 24 heavy (non-hydrogen) atoms. The van der Waals surface area contributed by atoms with E-state index < -0.39 is 0 Å². The van der Waals surface area contributed by atoms with E-state index in [0.717, 1.165) is 32.1 Å². The Kier molecular flexibility index (Phi) is 2.90. The van der Waals surface area contributed by atoms with Gasteiger partial charge in [-0.3, -0.25) is 4.79 Å². The fourth-order valence-electron chi connectivity index (χ4n) is 5.60. The minimum atomic E-state index is -0.195. The number of hydrogen-bond donors (Lipinski definition) is 0. The van der Waals surface area contributed by atoms with Gasteiger partial charge in [-0.1, -0.05) is 49.8 Å². The number of ketones is 1. The van der Waals surface area contributed by atoms with E-state index >= 15 is 0 Å². The SMILES string of the molecule is CC(C)c1cccc2cc3c(cc12)CCC(=O)C31CC2=CCC1C2. The van der Waals surface area contributed by atoms with Crippen LogP contribution in [-0.4, -0.2) is 5.78 Å². The van der Waals surface area contributed by atoms with Gasteiger partial charge >= 0.3 is 0 Å². The molecule has 1 saturated carbocycles. The van der Waals surface area contributed by atoms with E-state index in [-0.39, 0.29) is 5.41 Å². The van der Waals surface area contributed by atoms with Crippen molar-refractivity contribution < 1.29 is 4.79 Å². The molecule has 5 rings (SSSR count). The van der Waals surface area contributed by atoms with Gasteiger partial charge in [-0.05, 0) is 71.0 Å². The average molecular weight is 316 g/mol. The molecule has 1 heteroatoms. The van der Waals surface area contributed by atoms with Gasteiger partial charge in [0.2, 0.25) is 0 Å². The second-order valence-electron chi connectivity index (χ2n) is 8.30. The zero-order chi connectivity index (χ0) is 16.5. The molecule has 0 amide bonds. The number of rotatable bonds is 1. The third-order valence-corrected chi connectivity index (χ3v) is 6.76. The third kappa shape index (κ3) is 1.73. The molecule has 2 aromatic rings. The summed E-state index contributed by atoms with van der Waals surface area (Å²) in [6.45, 7) is 4.53. The van der Waals surface area contributed by atoms with Gasteiger partial charge in [0.1, 0.15) is 5.78 Å². The molecule has 2 bridgehead atoms. The molecular weight excluding hydrogens is 292 g/mol. The highest BCUT2D eigenvalue weighted by atomic mass is 16.1. The largest absolute Gasteiger partial charge is 0.299 e. The number of Topliss-reactive ketones (excluding diaryl/α,β-unsaturated/α-hetero) is 1. The molecule has 0 aliphatic heterocycles. The van der Waals surface area contributed by atoms with Crippen molar-refractivity contribution in [3.05, 3.63) is 58.7 Å². The highest BCUT2D eigenvalue weighted by Gasteiger charge is 2.55. The summed E-state index contributed by atoms with van der Waals surface area (Å²) in [7, 11) is 0. The van der Waals surface area contributed by atoms with Crippen molar-refractivity contribution in [1.29, 1.82) is 0 Å². The van der Waals surface area contributed by atoms with Crippen LogP contribution in [0, 0.1) is 5.92 Å². The standard InChI is InChI=1S/C23H24O/c1-14(2)19-5-3-4-16-12-21-17(11-20(16)19)7-9-22(24)23(21)13-15-6-8-18(23)10-15/h3-6,11-12,14,18H,7-10,13H2,1-2H3. The normalized spacial score (nSPS) is 28.0. The van der Waals surface area contributed by atoms with Crippen LogP contribution in [0.2, 0.25) is 0 Å². The lowest BCUT2D eigenvalue weighted by Crippen LogP contribution is -2.43. The lowest BCUT2D eigenvalue weighted by Gasteiger charge is -2.40. The first kappa shape index (κ1) is 14.5. The summed E-state index contributed by atoms with van der Waals surface area (Å²) in [5, 5.41) is 2.70. The molecule has 2 aromatic carbocycles. The topological polar surface area (TPSA) is 17.1 Å². The summed E-state index contributed by atoms with van der Waals surface area (Å²) in [6, 6.07) is 11.4. The Hall–Kier alpha value is -1.89. The van der Waals surface area contributed by atoms with Crippen LogP contribution in [0.5, 0.6) is 0 Å². The van der Waals surface area contributed by atoms with E-state index in [1.165, 1.54) is 33.0 Å². The Morgan fingerprint density at radius 2 is 2.04 bits per heavy atom. The van der Waals surface area contributed by atoms with Crippen molar-refractivity contribution in [3.8, 4) is 0 Å². The maximum Gasteiger partial charge on any atom is 0.144 e. The van der Waals surface area contributed by atoms with Gasteiger partial charge in [0.25, 0.3) is 0 Å². The quantitative estimate of drug-likeness (QED) is 0.639. The van der Waals surface area contributed by atoms with Crippen molar-refractivity contribution >= 4 is 16.6 Å². The van der Waals surface area contributed by atoms with E-state index in [4.69, 9.17) is 0 Å². The van der Waals surface area contributed by atoms with Crippen molar-refractivity contribution in [2.24, 2.45) is 5.92 Å². The fraction of sp³-hybridized carbons (Fsp3) is 0.435. The van der Waals surface area contributed by atoms with Crippen LogP contribution >= 0.6 is 0 Å². The minimum absolute atomic E-state index is 0.195. The summed E-state index contributed by atoms with van der Waals surface area (Å²) < 4.78 is 0. The van der Waals surface area contributed by atoms with Gasteiger partial charge in [-0.2, -0.15) is 0 Å². The number of benzene rings is 2. The van der Waals surface area contributed by atoms with Gasteiger partial charge in [0.15, 0.2) is 0 Å². The van der Waals surface area contributed by atoms with E-state index in [2.05, 4.69) is 50.3 Å². The fourth-order valence-corrected chi connectivity index (χ4v) is 5.60. The molecule has 0 radical (unpaired) electrons. The number of hydrogen-bond acceptors (Lipinski definition) is 1. The number of carbonyl (C=O) groups is 1. The number of carbonyl (C=O) groups excluding carboxylic acids is 1.